The summed E-state index contributed by atoms with van der Waals surface area (Å²) in [7, 11) is 0. The van der Waals surface area contributed by atoms with Crippen molar-refractivity contribution >= 4 is 17.8 Å². The van der Waals surface area contributed by atoms with E-state index in [1.165, 1.54) is 25.7 Å². The lowest BCUT2D eigenvalue weighted by Gasteiger charge is -2.25. The van der Waals surface area contributed by atoms with E-state index in [0.717, 1.165) is 24.8 Å². The molecule has 0 radical (unpaired) electrons. The van der Waals surface area contributed by atoms with Crippen LogP contribution >= 0.6 is 0 Å². The molecular formula is C27H44N2O4. The van der Waals surface area contributed by atoms with Gasteiger partial charge in [-0.15, -0.1) is 0 Å². The number of ether oxygens (including phenoxy) is 1. The average Bonchev–Trinajstić information content (AvgIpc) is 2.76. The number of unbranched alkanes of at least 4 members (excludes halogenated alkanes) is 6. The van der Waals surface area contributed by atoms with Crippen LogP contribution in [-0.4, -0.2) is 36.0 Å². The van der Waals surface area contributed by atoms with Gasteiger partial charge in [0.15, 0.2) is 0 Å². The van der Waals surface area contributed by atoms with E-state index < -0.39 is 18.1 Å². The first-order valence-corrected chi connectivity index (χ1v) is 12.6. The molecule has 2 atom stereocenters. The van der Waals surface area contributed by atoms with Crippen molar-refractivity contribution in [2.24, 2.45) is 5.92 Å². The molecule has 1 aromatic carbocycles. The Labute approximate surface area is 200 Å². The molecule has 6 nitrogen and oxygen atoms in total. The van der Waals surface area contributed by atoms with Crippen LogP contribution in [0.2, 0.25) is 0 Å². The molecule has 0 aromatic heterocycles. The van der Waals surface area contributed by atoms with Gasteiger partial charge in [-0.05, 0) is 31.7 Å². The summed E-state index contributed by atoms with van der Waals surface area (Å²) in [5, 5.41) is 5.70. The number of rotatable bonds is 16. The smallest absolute Gasteiger partial charge is 0.329 e. The first-order valence-electron chi connectivity index (χ1n) is 12.6. The van der Waals surface area contributed by atoms with Crippen LogP contribution in [0.5, 0.6) is 0 Å². The third-order valence-corrected chi connectivity index (χ3v) is 5.51. The van der Waals surface area contributed by atoms with Gasteiger partial charge in [0.25, 0.3) is 0 Å². The van der Waals surface area contributed by atoms with Crippen molar-refractivity contribution in [2.45, 2.75) is 111 Å². The van der Waals surface area contributed by atoms with Crippen molar-refractivity contribution in [1.82, 2.24) is 10.6 Å². The van der Waals surface area contributed by atoms with E-state index in [1.54, 1.807) is 13.8 Å². The lowest BCUT2D eigenvalue weighted by Crippen LogP contribution is -2.54. The van der Waals surface area contributed by atoms with Crippen LogP contribution in [0, 0.1) is 5.92 Å². The monoisotopic (exact) mass is 460 g/mol. The summed E-state index contributed by atoms with van der Waals surface area (Å²) in [4.78, 5) is 38.2. The molecule has 1 rings (SSSR count). The molecule has 0 heterocycles. The molecule has 0 aliphatic heterocycles. The SMILES string of the molecule is CCCCCCCCCC(=O)NC(C(=O)NC(Cc1ccccc1)C(=O)OC(C)C)C(C)C. The summed E-state index contributed by atoms with van der Waals surface area (Å²) in [6.07, 6.45) is 8.39. The van der Waals surface area contributed by atoms with Gasteiger partial charge in [-0.3, -0.25) is 9.59 Å². The van der Waals surface area contributed by atoms with Gasteiger partial charge >= 0.3 is 5.97 Å². The Bertz CT molecular complexity index is 703. The highest BCUT2D eigenvalue weighted by Gasteiger charge is 2.30. The van der Waals surface area contributed by atoms with Crippen LogP contribution in [0.3, 0.4) is 0 Å². The van der Waals surface area contributed by atoms with E-state index in [4.69, 9.17) is 4.74 Å². The molecule has 0 saturated carbocycles. The number of hydrogen-bond acceptors (Lipinski definition) is 4. The Morgan fingerprint density at radius 1 is 0.848 bits per heavy atom. The number of nitrogens with one attached hydrogen (secondary N) is 2. The van der Waals surface area contributed by atoms with E-state index in [1.807, 2.05) is 44.2 Å². The minimum atomic E-state index is -0.816. The Hall–Kier alpha value is -2.37. The highest BCUT2D eigenvalue weighted by atomic mass is 16.5. The molecule has 2 amide bonds. The highest BCUT2D eigenvalue weighted by Crippen LogP contribution is 2.11. The maximum atomic E-state index is 13.1. The number of carbonyl (C=O) groups excluding carboxylic acids is 3. The zero-order chi connectivity index (χ0) is 24.6. The minimum absolute atomic E-state index is 0.110. The van der Waals surface area contributed by atoms with Gasteiger partial charge in [0.2, 0.25) is 11.8 Å². The predicted molar refractivity (Wildman–Crippen MR) is 133 cm³/mol. The van der Waals surface area contributed by atoms with Crippen LogP contribution in [0.25, 0.3) is 0 Å². The fourth-order valence-electron chi connectivity index (χ4n) is 3.64. The van der Waals surface area contributed by atoms with Crippen molar-refractivity contribution in [3.8, 4) is 0 Å². The summed E-state index contributed by atoms with van der Waals surface area (Å²) >= 11 is 0. The van der Waals surface area contributed by atoms with Crippen molar-refractivity contribution in [2.75, 3.05) is 0 Å². The lowest BCUT2D eigenvalue weighted by atomic mass is 10.0. The van der Waals surface area contributed by atoms with Gasteiger partial charge in [0.1, 0.15) is 12.1 Å². The molecule has 186 valence electrons. The lowest BCUT2D eigenvalue weighted by molar-refractivity contribution is -0.151. The summed E-state index contributed by atoms with van der Waals surface area (Å²) in [5.41, 5.74) is 0.924. The zero-order valence-corrected chi connectivity index (χ0v) is 21.2. The van der Waals surface area contributed by atoms with Gasteiger partial charge < -0.3 is 15.4 Å². The number of hydrogen-bond donors (Lipinski definition) is 2. The molecule has 0 saturated heterocycles. The van der Waals surface area contributed by atoms with E-state index in [2.05, 4.69) is 17.6 Å². The minimum Gasteiger partial charge on any atom is -0.461 e. The van der Waals surface area contributed by atoms with E-state index in [0.29, 0.717) is 12.8 Å². The fourth-order valence-corrected chi connectivity index (χ4v) is 3.64. The van der Waals surface area contributed by atoms with E-state index in [9.17, 15) is 14.4 Å². The van der Waals surface area contributed by atoms with Crippen molar-refractivity contribution in [3.63, 3.8) is 0 Å². The summed E-state index contributed by atoms with van der Waals surface area (Å²) in [6.45, 7) is 9.52. The number of carbonyl (C=O) groups is 3. The molecule has 0 aliphatic carbocycles. The van der Waals surface area contributed by atoms with Gasteiger partial charge in [-0.1, -0.05) is 89.6 Å². The third-order valence-electron chi connectivity index (χ3n) is 5.51. The first kappa shape index (κ1) is 28.7. The van der Waals surface area contributed by atoms with E-state index >= 15 is 0 Å². The molecule has 33 heavy (non-hydrogen) atoms. The van der Waals surface area contributed by atoms with Crippen molar-refractivity contribution in [1.29, 1.82) is 0 Å². The Morgan fingerprint density at radius 3 is 2.03 bits per heavy atom. The first-order chi connectivity index (χ1) is 15.7. The number of amides is 2. The Kier molecular flexibility index (Phi) is 14.1. The molecule has 0 aliphatic rings. The van der Waals surface area contributed by atoms with Gasteiger partial charge in [-0.25, -0.2) is 4.79 Å². The molecule has 2 unspecified atom stereocenters. The van der Waals surface area contributed by atoms with Crippen LogP contribution in [0.15, 0.2) is 30.3 Å². The van der Waals surface area contributed by atoms with E-state index in [-0.39, 0.29) is 23.8 Å². The number of benzene rings is 1. The molecule has 1 aromatic rings. The Morgan fingerprint density at radius 2 is 1.45 bits per heavy atom. The van der Waals surface area contributed by atoms with Crippen molar-refractivity contribution < 1.29 is 19.1 Å². The maximum Gasteiger partial charge on any atom is 0.329 e. The van der Waals surface area contributed by atoms with Crippen LogP contribution in [0.1, 0.15) is 91.5 Å². The molecular weight excluding hydrogens is 416 g/mol. The van der Waals surface area contributed by atoms with Gasteiger partial charge in [0, 0.05) is 12.8 Å². The highest BCUT2D eigenvalue weighted by molar-refractivity contribution is 5.91. The molecule has 6 heteroatoms. The Balaban J connectivity index is 2.66. The topological polar surface area (TPSA) is 84.5 Å². The zero-order valence-electron chi connectivity index (χ0n) is 21.2. The molecule has 0 spiro atoms. The third kappa shape index (κ3) is 12.4. The van der Waals surface area contributed by atoms with Crippen LogP contribution in [-0.2, 0) is 25.5 Å². The maximum absolute atomic E-state index is 13.1. The number of esters is 1. The quantitative estimate of drug-likeness (QED) is 0.270. The molecule has 2 N–H and O–H groups in total. The van der Waals surface area contributed by atoms with Crippen LogP contribution < -0.4 is 10.6 Å². The molecule has 0 fully saturated rings. The predicted octanol–water partition coefficient (Wildman–Crippen LogP) is 4.95. The second kappa shape index (κ2) is 16.3. The van der Waals surface area contributed by atoms with Gasteiger partial charge in [-0.2, -0.15) is 0 Å². The van der Waals surface area contributed by atoms with Crippen LogP contribution in [0.4, 0.5) is 0 Å². The largest absolute Gasteiger partial charge is 0.461 e. The molecule has 0 bridgehead atoms. The normalized spacial score (nSPS) is 12.9. The van der Waals surface area contributed by atoms with Crippen molar-refractivity contribution in [3.05, 3.63) is 35.9 Å². The van der Waals surface area contributed by atoms with Gasteiger partial charge in [0.05, 0.1) is 6.10 Å². The summed E-state index contributed by atoms with van der Waals surface area (Å²) in [6, 6.07) is 7.98. The summed E-state index contributed by atoms with van der Waals surface area (Å²) < 4.78 is 5.37. The second-order valence-corrected chi connectivity index (χ2v) is 9.40. The fraction of sp³-hybridized carbons (Fsp3) is 0.667. The second-order valence-electron chi connectivity index (χ2n) is 9.40. The standard InChI is InChI=1S/C27H44N2O4/c1-6-7-8-9-10-11-15-18-24(30)29-25(20(2)3)26(31)28-23(27(32)33-21(4)5)19-22-16-13-12-14-17-22/h12-14,16-17,20-21,23,25H,6-11,15,18-19H2,1-5H3,(H,28,31)(H,29,30). The summed E-state index contributed by atoms with van der Waals surface area (Å²) in [5.74, 6) is -1.07. The average molecular weight is 461 g/mol.